The van der Waals surface area contributed by atoms with Crippen molar-refractivity contribution < 1.29 is 18.0 Å². The Morgan fingerprint density at radius 3 is 2.84 bits per heavy atom. The molecule has 134 valence electrons. The fourth-order valence-corrected chi connectivity index (χ4v) is 3.51. The van der Waals surface area contributed by atoms with E-state index in [1.54, 1.807) is 0 Å². The zero-order valence-corrected chi connectivity index (χ0v) is 13.9. The van der Waals surface area contributed by atoms with Crippen molar-refractivity contribution >= 4 is 17.7 Å². The molecule has 2 aromatic rings. The first-order chi connectivity index (χ1) is 11.9. The number of carbonyl (C=O) groups excluding carboxylic acids is 1. The number of carbonyl (C=O) groups is 1. The number of rotatable bonds is 4. The molecule has 0 bridgehead atoms. The van der Waals surface area contributed by atoms with E-state index in [9.17, 15) is 18.0 Å². The summed E-state index contributed by atoms with van der Waals surface area (Å²) in [5.41, 5.74) is 2.30. The molecule has 3 N–H and O–H groups in total. The van der Waals surface area contributed by atoms with Crippen molar-refractivity contribution in [1.82, 2.24) is 20.2 Å². The number of benzene rings is 1. The number of fused-ring (bicyclic) bond motifs is 1. The first-order valence-electron chi connectivity index (χ1n) is 7.64. The lowest BCUT2D eigenvalue weighted by atomic mass is 9.88. The highest BCUT2D eigenvalue weighted by Crippen LogP contribution is 2.30. The van der Waals surface area contributed by atoms with Crippen molar-refractivity contribution in [2.45, 2.75) is 36.6 Å². The molecule has 0 spiro atoms. The van der Waals surface area contributed by atoms with Gasteiger partial charge in [0.1, 0.15) is 0 Å². The standard InChI is InChI=1S/C15H16F3N5OS/c16-15(17,18)13-21-22-14(23(13)19)25-8-12(24)20-11-7-3-5-9-4-1-2-6-10(9)11/h1-2,4,6,11H,3,5,7-8,19H2,(H,20,24)/t11-/m1/s1. The lowest BCUT2D eigenvalue weighted by Crippen LogP contribution is -2.32. The summed E-state index contributed by atoms with van der Waals surface area (Å²) in [6, 6.07) is 7.83. The van der Waals surface area contributed by atoms with Crippen LogP contribution in [0.5, 0.6) is 0 Å². The number of nitrogens with two attached hydrogens (primary N) is 1. The predicted molar refractivity (Wildman–Crippen MR) is 86.2 cm³/mol. The summed E-state index contributed by atoms with van der Waals surface area (Å²) in [6.45, 7) is 0. The monoisotopic (exact) mass is 371 g/mol. The molecule has 1 heterocycles. The van der Waals surface area contributed by atoms with Gasteiger partial charge in [-0.05, 0) is 30.4 Å². The third kappa shape index (κ3) is 3.89. The van der Waals surface area contributed by atoms with E-state index in [1.165, 1.54) is 5.56 Å². The third-order valence-electron chi connectivity index (χ3n) is 3.96. The fraction of sp³-hybridized carbons (Fsp3) is 0.400. The van der Waals surface area contributed by atoms with Crippen LogP contribution in [0.4, 0.5) is 13.2 Å². The van der Waals surface area contributed by atoms with Gasteiger partial charge in [0.15, 0.2) is 0 Å². The Morgan fingerprint density at radius 2 is 2.12 bits per heavy atom. The Kier molecular flexibility index (Phi) is 4.89. The van der Waals surface area contributed by atoms with Crippen molar-refractivity contribution in [2.75, 3.05) is 11.6 Å². The van der Waals surface area contributed by atoms with Gasteiger partial charge >= 0.3 is 6.18 Å². The number of hydrogen-bond donors (Lipinski definition) is 2. The zero-order chi connectivity index (χ0) is 18.0. The van der Waals surface area contributed by atoms with Crippen molar-refractivity contribution in [3.63, 3.8) is 0 Å². The fourth-order valence-electron chi connectivity index (χ4n) is 2.84. The number of hydrogen-bond acceptors (Lipinski definition) is 5. The summed E-state index contributed by atoms with van der Waals surface area (Å²) in [5, 5.41) is 9.17. The summed E-state index contributed by atoms with van der Waals surface area (Å²) in [7, 11) is 0. The highest BCUT2D eigenvalue weighted by molar-refractivity contribution is 7.99. The van der Waals surface area contributed by atoms with E-state index in [4.69, 9.17) is 5.84 Å². The van der Waals surface area contributed by atoms with E-state index < -0.39 is 12.0 Å². The second-order valence-electron chi connectivity index (χ2n) is 5.67. The molecule has 6 nitrogen and oxygen atoms in total. The molecule has 10 heteroatoms. The summed E-state index contributed by atoms with van der Waals surface area (Å²) < 4.78 is 38.2. The number of amides is 1. The Hall–Kier alpha value is -2.23. The minimum absolute atomic E-state index is 0.0838. The molecule has 0 radical (unpaired) electrons. The maximum atomic E-state index is 12.6. The molecule has 1 aliphatic rings. The summed E-state index contributed by atoms with van der Waals surface area (Å²) >= 11 is 0.814. The van der Waals surface area contributed by atoms with E-state index in [0.29, 0.717) is 4.68 Å². The van der Waals surface area contributed by atoms with E-state index in [2.05, 4.69) is 15.5 Å². The minimum Gasteiger partial charge on any atom is -0.349 e. The maximum absolute atomic E-state index is 12.6. The number of alkyl halides is 3. The molecule has 25 heavy (non-hydrogen) atoms. The lowest BCUT2D eigenvalue weighted by molar-refractivity contribution is -0.146. The van der Waals surface area contributed by atoms with E-state index in [0.717, 1.165) is 36.6 Å². The first kappa shape index (κ1) is 17.6. The third-order valence-corrected chi connectivity index (χ3v) is 4.90. The molecule has 1 aromatic heterocycles. The number of aryl methyl sites for hydroxylation is 1. The van der Waals surface area contributed by atoms with E-state index in [1.807, 2.05) is 24.3 Å². The van der Waals surface area contributed by atoms with Crippen LogP contribution in [0.3, 0.4) is 0 Å². The Labute approximate surface area is 146 Å². The second-order valence-corrected chi connectivity index (χ2v) is 6.62. The highest BCUT2D eigenvalue weighted by Gasteiger charge is 2.38. The van der Waals surface area contributed by atoms with E-state index >= 15 is 0 Å². The first-order valence-corrected chi connectivity index (χ1v) is 8.62. The average Bonchev–Trinajstić information content (AvgIpc) is 2.94. The maximum Gasteiger partial charge on any atom is 0.453 e. The van der Waals surface area contributed by atoms with Gasteiger partial charge < -0.3 is 11.2 Å². The van der Waals surface area contributed by atoms with Gasteiger partial charge in [0.05, 0.1) is 11.8 Å². The molecule has 0 saturated carbocycles. The molecule has 0 aliphatic heterocycles. The van der Waals surface area contributed by atoms with Crippen LogP contribution in [0.25, 0.3) is 0 Å². The van der Waals surface area contributed by atoms with Gasteiger partial charge in [-0.25, -0.2) is 4.68 Å². The van der Waals surface area contributed by atoms with Gasteiger partial charge in [0.25, 0.3) is 5.82 Å². The quantitative estimate of drug-likeness (QED) is 0.636. The van der Waals surface area contributed by atoms with E-state index in [-0.39, 0.29) is 22.9 Å². The molecule has 1 atom stereocenters. The van der Waals surface area contributed by atoms with Crippen molar-refractivity contribution in [2.24, 2.45) is 0 Å². The molecule has 3 rings (SSSR count). The van der Waals surface area contributed by atoms with Gasteiger partial charge in [-0.15, -0.1) is 10.2 Å². The summed E-state index contributed by atoms with van der Waals surface area (Å²) in [5.74, 6) is 3.67. The van der Waals surface area contributed by atoms with Gasteiger partial charge in [0.2, 0.25) is 11.1 Å². The molecule has 0 saturated heterocycles. The molecule has 0 unspecified atom stereocenters. The number of halogens is 3. The van der Waals surface area contributed by atoms with Crippen LogP contribution in [0.1, 0.15) is 35.8 Å². The molecule has 1 aliphatic carbocycles. The molecule has 0 fully saturated rings. The van der Waals surface area contributed by atoms with Crippen LogP contribution in [0.15, 0.2) is 29.4 Å². The number of thioether (sulfide) groups is 1. The van der Waals surface area contributed by atoms with Gasteiger partial charge in [-0.2, -0.15) is 13.2 Å². The lowest BCUT2D eigenvalue weighted by Gasteiger charge is -2.26. The normalized spacial score (nSPS) is 17.2. The van der Waals surface area contributed by atoms with Crippen LogP contribution in [-0.4, -0.2) is 26.5 Å². The van der Waals surface area contributed by atoms with Crippen LogP contribution < -0.4 is 11.2 Å². The van der Waals surface area contributed by atoms with Crippen LogP contribution in [0, 0.1) is 0 Å². The molecule has 1 amide bonds. The zero-order valence-electron chi connectivity index (χ0n) is 13.1. The van der Waals surface area contributed by atoms with Crippen molar-refractivity contribution in [3.8, 4) is 0 Å². The largest absolute Gasteiger partial charge is 0.453 e. The van der Waals surface area contributed by atoms with Crippen molar-refractivity contribution in [3.05, 3.63) is 41.2 Å². The van der Waals surface area contributed by atoms with Gasteiger partial charge in [-0.1, -0.05) is 36.0 Å². The smallest absolute Gasteiger partial charge is 0.349 e. The molecule has 1 aromatic carbocycles. The van der Waals surface area contributed by atoms with Crippen LogP contribution >= 0.6 is 11.8 Å². The van der Waals surface area contributed by atoms with Gasteiger partial charge in [-0.3, -0.25) is 4.79 Å². The number of nitrogens with zero attached hydrogens (tertiary/aromatic N) is 3. The molecular formula is C15H16F3N5OS. The SMILES string of the molecule is Nn1c(SCC(=O)N[C@@H]2CCCc3ccccc32)nnc1C(F)(F)F. The number of nitrogens with one attached hydrogen (secondary N) is 1. The Morgan fingerprint density at radius 1 is 1.36 bits per heavy atom. The summed E-state index contributed by atoms with van der Waals surface area (Å²) in [6.07, 6.45) is -1.90. The second kappa shape index (κ2) is 6.95. The van der Waals surface area contributed by atoms with Crippen LogP contribution in [0.2, 0.25) is 0 Å². The predicted octanol–water partition coefficient (Wildman–Crippen LogP) is 2.30. The highest BCUT2D eigenvalue weighted by atomic mass is 32.2. The molecular weight excluding hydrogens is 355 g/mol. The van der Waals surface area contributed by atoms with Crippen LogP contribution in [-0.2, 0) is 17.4 Å². The van der Waals surface area contributed by atoms with Gasteiger partial charge in [0, 0.05) is 0 Å². The average molecular weight is 371 g/mol. The van der Waals surface area contributed by atoms with Crippen molar-refractivity contribution in [1.29, 1.82) is 0 Å². The summed E-state index contributed by atoms with van der Waals surface area (Å²) in [4.78, 5) is 12.2. The minimum atomic E-state index is -4.69. The topological polar surface area (TPSA) is 85.8 Å². The number of nitrogen functional groups attached to an aromatic ring is 1. The number of aromatic nitrogens is 3. The Balaban J connectivity index is 1.61. The Bertz CT molecular complexity index is 777.